The van der Waals surface area contributed by atoms with E-state index in [0.29, 0.717) is 0 Å². The molecule has 2 atom stereocenters. The minimum Gasteiger partial charge on any atom is -0.467 e. The standard InChI is InChI=1S/C18H32N2O8S2/c1-17(2,3)27-15(23)19-11(13(21)25-7)9-29-30-10-12(14(22)26-8)20-16(24)28-18(4,5)6/h11-12H,9-10H2,1-8H3,(H,19,23)(H,20,24)/t11-,12+. The number of alkyl carbamates (subject to hydrolysis) is 2. The average Bonchev–Trinajstić information content (AvgIpc) is 2.58. The Labute approximate surface area is 185 Å². The fraction of sp³-hybridized carbons (Fsp3) is 0.778. The highest BCUT2D eigenvalue weighted by molar-refractivity contribution is 8.76. The number of hydrogen-bond acceptors (Lipinski definition) is 10. The molecule has 0 saturated carbocycles. The molecule has 174 valence electrons. The van der Waals surface area contributed by atoms with Gasteiger partial charge in [0, 0.05) is 11.5 Å². The number of ether oxygens (including phenoxy) is 4. The first kappa shape index (κ1) is 28.2. The molecule has 10 nitrogen and oxygen atoms in total. The van der Waals surface area contributed by atoms with Gasteiger partial charge in [-0.25, -0.2) is 19.2 Å². The lowest BCUT2D eigenvalue weighted by molar-refractivity contribution is -0.143. The fourth-order valence-corrected chi connectivity index (χ4v) is 4.05. The van der Waals surface area contributed by atoms with E-state index in [0.717, 1.165) is 0 Å². The number of rotatable bonds is 9. The van der Waals surface area contributed by atoms with Gasteiger partial charge in [0.15, 0.2) is 0 Å². The monoisotopic (exact) mass is 468 g/mol. The van der Waals surface area contributed by atoms with Crippen LogP contribution in [0.3, 0.4) is 0 Å². The lowest BCUT2D eigenvalue weighted by atomic mass is 10.2. The molecule has 0 unspecified atom stereocenters. The molecule has 0 bridgehead atoms. The zero-order chi connectivity index (χ0) is 23.5. The predicted molar refractivity (Wildman–Crippen MR) is 115 cm³/mol. The number of hydrogen-bond donors (Lipinski definition) is 2. The van der Waals surface area contributed by atoms with Gasteiger partial charge in [0.25, 0.3) is 0 Å². The number of amides is 2. The first-order valence-electron chi connectivity index (χ1n) is 9.07. The van der Waals surface area contributed by atoms with Gasteiger partial charge in [-0.15, -0.1) is 0 Å². The Balaban J connectivity index is 4.74. The maximum absolute atomic E-state index is 11.9. The van der Waals surface area contributed by atoms with Gasteiger partial charge < -0.3 is 29.6 Å². The summed E-state index contributed by atoms with van der Waals surface area (Å²) in [5.41, 5.74) is -1.43. The number of carbonyl (C=O) groups is 4. The minimum atomic E-state index is -0.947. The van der Waals surface area contributed by atoms with E-state index in [1.54, 1.807) is 41.5 Å². The molecular formula is C18H32N2O8S2. The summed E-state index contributed by atoms with van der Waals surface area (Å²) in [5, 5.41) is 4.91. The summed E-state index contributed by atoms with van der Waals surface area (Å²) in [6.07, 6.45) is -1.50. The highest BCUT2D eigenvalue weighted by Gasteiger charge is 2.27. The van der Waals surface area contributed by atoms with Gasteiger partial charge in [0.2, 0.25) is 0 Å². The van der Waals surface area contributed by atoms with E-state index < -0.39 is 47.4 Å². The molecular weight excluding hydrogens is 436 g/mol. The summed E-state index contributed by atoms with van der Waals surface area (Å²) in [6.45, 7) is 10.2. The van der Waals surface area contributed by atoms with Crippen molar-refractivity contribution in [3.8, 4) is 0 Å². The SMILES string of the molecule is COC(=O)[C@H](CSSC[C@@H](NC(=O)OC(C)(C)C)C(=O)OC)NC(=O)OC(C)(C)C. The van der Waals surface area contributed by atoms with E-state index in [1.165, 1.54) is 35.8 Å². The van der Waals surface area contributed by atoms with Crippen LogP contribution in [-0.4, -0.2) is 73.1 Å². The average molecular weight is 469 g/mol. The van der Waals surface area contributed by atoms with Crippen molar-refractivity contribution in [1.29, 1.82) is 0 Å². The summed E-state index contributed by atoms with van der Waals surface area (Å²) in [6, 6.07) is -1.89. The highest BCUT2D eigenvalue weighted by Crippen LogP contribution is 2.24. The molecule has 2 amide bonds. The van der Waals surface area contributed by atoms with Crippen molar-refractivity contribution in [3.63, 3.8) is 0 Å². The molecule has 0 saturated heterocycles. The van der Waals surface area contributed by atoms with E-state index >= 15 is 0 Å². The predicted octanol–water partition coefficient (Wildman–Crippen LogP) is 2.50. The van der Waals surface area contributed by atoms with Crippen LogP contribution in [0, 0.1) is 0 Å². The largest absolute Gasteiger partial charge is 0.467 e. The van der Waals surface area contributed by atoms with Crippen LogP contribution in [0.25, 0.3) is 0 Å². The second-order valence-corrected chi connectivity index (χ2v) is 10.6. The van der Waals surface area contributed by atoms with Gasteiger partial charge in [0.1, 0.15) is 23.3 Å². The molecule has 12 heteroatoms. The molecule has 0 aliphatic carbocycles. The van der Waals surface area contributed by atoms with Crippen molar-refractivity contribution >= 4 is 45.7 Å². The van der Waals surface area contributed by atoms with Crippen LogP contribution in [-0.2, 0) is 28.5 Å². The maximum atomic E-state index is 11.9. The van der Waals surface area contributed by atoms with Crippen molar-refractivity contribution in [2.24, 2.45) is 0 Å². The van der Waals surface area contributed by atoms with Gasteiger partial charge in [-0.3, -0.25) is 0 Å². The van der Waals surface area contributed by atoms with Crippen LogP contribution < -0.4 is 10.6 Å². The molecule has 0 aromatic carbocycles. The lowest BCUT2D eigenvalue weighted by Crippen LogP contribution is -2.46. The molecule has 0 aliphatic rings. The number of esters is 2. The van der Waals surface area contributed by atoms with E-state index in [-0.39, 0.29) is 11.5 Å². The summed E-state index contributed by atoms with van der Waals surface area (Å²) in [4.78, 5) is 47.7. The Kier molecular flexibility index (Phi) is 12.0. The highest BCUT2D eigenvalue weighted by atomic mass is 33.1. The maximum Gasteiger partial charge on any atom is 0.408 e. The van der Waals surface area contributed by atoms with Gasteiger partial charge in [-0.2, -0.15) is 0 Å². The van der Waals surface area contributed by atoms with E-state index in [4.69, 9.17) is 18.9 Å². The Morgan fingerprint density at radius 3 is 1.23 bits per heavy atom. The van der Waals surface area contributed by atoms with Crippen LogP contribution in [0.2, 0.25) is 0 Å². The van der Waals surface area contributed by atoms with Crippen LogP contribution in [0.5, 0.6) is 0 Å². The second kappa shape index (κ2) is 12.8. The molecule has 0 aliphatic heterocycles. The number of methoxy groups -OCH3 is 2. The minimum absolute atomic E-state index is 0.150. The normalized spacial score (nSPS) is 13.5. The van der Waals surface area contributed by atoms with Crippen molar-refractivity contribution in [2.45, 2.75) is 64.8 Å². The quantitative estimate of drug-likeness (QED) is 0.225. The number of carbonyl (C=O) groups excluding carboxylic acids is 4. The third-order valence-electron chi connectivity index (χ3n) is 2.91. The van der Waals surface area contributed by atoms with Gasteiger partial charge in [-0.1, -0.05) is 21.6 Å². The topological polar surface area (TPSA) is 129 Å². The summed E-state index contributed by atoms with van der Waals surface area (Å²) in [5.74, 6) is -0.968. The second-order valence-electron chi connectivity index (χ2n) is 8.01. The molecule has 0 fully saturated rings. The van der Waals surface area contributed by atoms with Crippen molar-refractivity contribution in [1.82, 2.24) is 10.6 Å². The molecule has 2 N–H and O–H groups in total. The van der Waals surface area contributed by atoms with E-state index in [2.05, 4.69) is 10.6 Å². The number of nitrogens with one attached hydrogen (secondary N) is 2. The Bertz CT molecular complexity index is 550. The Morgan fingerprint density at radius 2 is 1.00 bits per heavy atom. The molecule has 0 rings (SSSR count). The van der Waals surface area contributed by atoms with Crippen molar-refractivity contribution in [2.75, 3.05) is 25.7 Å². The molecule has 30 heavy (non-hydrogen) atoms. The van der Waals surface area contributed by atoms with Crippen molar-refractivity contribution in [3.05, 3.63) is 0 Å². The van der Waals surface area contributed by atoms with Crippen LogP contribution >= 0.6 is 21.6 Å². The third-order valence-corrected chi connectivity index (χ3v) is 5.33. The first-order valence-corrected chi connectivity index (χ1v) is 11.6. The summed E-state index contributed by atoms with van der Waals surface area (Å²) < 4.78 is 19.7. The van der Waals surface area contributed by atoms with Gasteiger partial charge >= 0.3 is 24.1 Å². The summed E-state index contributed by atoms with van der Waals surface area (Å²) >= 11 is 0. The molecule has 0 aromatic rings. The van der Waals surface area contributed by atoms with Crippen LogP contribution in [0.4, 0.5) is 9.59 Å². The molecule has 0 aromatic heterocycles. The van der Waals surface area contributed by atoms with E-state index in [9.17, 15) is 19.2 Å². The molecule has 0 spiro atoms. The first-order chi connectivity index (χ1) is 13.7. The fourth-order valence-electron chi connectivity index (χ4n) is 1.75. The summed E-state index contributed by atoms with van der Waals surface area (Å²) in [7, 11) is 4.83. The Morgan fingerprint density at radius 1 is 0.700 bits per heavy atom. The van der Waals surface area contributed by atoms with Crippen LogP contribution in [0.15, 0.2) is 0 Å². The zero-order valence-corrected chi connectivity index (χ0v) is 20.3. The smallest absolute Gasteiger partial charge is 0.408 e. The Hall–Kier alpha value is -1.82. The van der Waals surface area contributed by atoms with Gasteiger partial charge in [0.05, 0.1) is 14.2 Å². The molecule has 0 heterocycles. The zero-order valence-electron chi connectivity index (χ0n) is 18.7. The van der Waals surface area contributed by atoms with Gasteiger partial charge in [-0.05, 0) is 41.5 Å². The van der Waals surface area contributed by atoms with Crippen LogP contribution in [0.1, 0.15) is 41.5 Å². The molecule has 0 radical (unpaired) electrons. The van der Waals surface area contributed by atoms with Crippen molar-refractivity contribution < 1.29 is 38.1 Å². The lowest BCUT2D eigenvalue weighted by Gasteiger charge is -2.23. The third kappa shape index (κ3) is 13.4. The van der Waals surface area contributed by atoms with E-state index in [1.807, 2.05) is 0 Å².